The highest BCUT2D eigenvalue weighted by Crippen LogP contribution is 2.41. The average Bonchev–Trinajstić information content (AvgIpc) is 2.64. The first-order chi connectivity index (χ1) is 8.01. The fraction of sp³-hybridized carbons (Fsp3) is 0.273. The van der Waals surface area contributed by atoms with E-state index >= 15 is 0 Å². The van der Waals surface area contributed by atoms with Crippen molar-refractivity contribution >= 4 is 11.9 Å². The number of amides is 1. The van der Waals surface area contributed by atoms with Crippen molar-refractivity contribution in [2.75, 3.05) is 0 Å². The highest BCUT2D eigenvalue weighted by atomic mass is 16.4. The van der Waals surface area contributed by atoms with Gasteiger partial charge in [0.25, 0.3) is 5.91 Å². The first kappa shape index (κ1) is 11.6. The number of aliphatic carboxylic acids is 1. The van der Waals surface area contributed by atoms with E-state index in [0.29, 0.717) is 11.1 Å². The second-order valence-electron chi connectivity index (χ2n) is 3.99. The first-order valence-corrected chi connectivity index (χ1v) is 5.06. The molecule has 1 amide bonds. The number of fused-ring (bicyclic) bond motifs is 1. The number of hydrogen-bond donors (Lipinski definition) is 4. The van der Waals surface area contributed by atoms with Gasteiger partial charge in [-0.1, -0.05) is 24.3 Å². The number of nitrogens with one attached hydrogen (secondary N) is 1. The maximum atomic E-state index is 11.7. The number of hydrazine groups is 1. The number of benzene rings is 1. The Morgan fingerprint density at radius 2 is 2.06 bits per heavy atom. The third kappa shape index (κ3) is 1.49. The van der Waals surface area contributed by atoms with Gasteiger partial charge >= 0.3 is 5.97 Å². The fourth-order valence-electron chi connectivity index (χ4n) is 2.28. The molecule has 17 heavy (non-hydrogen) atoms. The average molecular weight is 236 g/mol. The number of rotatable bonds is 2. The number of nitrogens with two attached hydrogens (primary N) is 1. The molecule has 0 saturated carbocycles. The molecule has 1 aromatic carbocycles. The van der Waals surface area contributed by atoms with Crippen molar-refractivity contribution in [1.29, 1.82) is 0 Å². The molecule has 1 aliphatic carbocycles. The molecule has 6 nitrogen and oxygen atoms in total. The van der Waals surface area contributed by atoms with Crippen LogP contribution in [-0.2, 0) is 21.6 Å². The van der Waals surface area contributed by atoms with Crippen molar-refractivity contribution < 1.29 is 19.8 Å². The summed E-state index contributed by atoms with van der Waals surface area (Å²) in [6.07, 6.45) is 0.107. The maximum absolute atomic E-state index is 11.7. The number of carboxylic acid groups (broad SMARTS) is 1. The first-order valence-electron chi connectivity index (χ1n) is 5.06. The Kier molecular flexibility index (Phi) is 2.60. The summed E-state index contributed by atoms with van der Waals surface area (Å²) in [7, 11) is 0. The van der Waals surface area contributed by atoms with Crippen molar-refractivity contribution in [3.63, 3.8) is 0 Å². The largest absolute Gasteiger partial charge is 0.481 e. The SMILES string of the molecule is NNC(=O)[C@@]1(O)c2ccccc2C[C@@H]1C(=O)O. The zero-order valence-corrected chi connectivity index (χ0v) is 8.88. The monoisotopic (exact) mass is 236 g/mol. The Bertz CT molecular complexity index is 488. The molecule has 0 aliphatic heterocycles. The predicted molar refractivity (Wildman–Crippen MR) is 57.5 cm³/mol. The van der Waals surface area contributed by atoms with Crippen molar-refractivity contribution in [3.05, 3.63) is 35.4 Å². The van der Waals surface area contributed by atoms with E-state index in [1.54, 1.807) is 18.2 Å². The van der Waals surface area contributed by atoms with E-state index in [1.165, 1.54) is 6.07 Å². The van der Waals surface area contributed by atoms with Crippen molar-refractivity contribution in [2.45, 2.75) is 12.0 Å². The number of hydrogen-bond acceptors (Lipinski definition) is 4. The van der Waals surface area contributed by atoms with E-state index < -0.39 is 23.4 Å². The highest BCUT2D eigenvalue weighted by Gasteiger charge is 2.54. The molecule has 0 aromatic heterocycles. The molecule has 2 atom stereocenters. The molecule has 0 bridgehead atoms. The van der Waals surface area contributed by atoms with Crippen molar-refractivity contribution in [1.82, 2.24) is 5.43 Å². The van der Waals surface area contributed by atoms with Gasteiger partial charge in [-0.15, -0.1) is 0 Å². The summed E-state index contributed by atoms with van der Waals surface area (Å²) in [5.74, 6) is 1.65. The number of carbonyl (C=O) groups is 2. The molecular weight excluding hydrogens is 224 g/mol. The van der Waals surface area contributed by atoms with Crippen LogP contribution < -0.4 is 11.3 Å². The van der Waals surface area contributed by atoms with Crippen LogP contribution in [0.3, 0.4) is 0 Å². The number of carboxylic acids is 1. The molecule has 2 rings (SSSR count). The highest BCUT2D eigenvalue weighted by molar-refractivity contribution is 5.93. The quantitative estimate of drug-likeness (QED) is 0.302. The fourth-order valence-corrected chi connectivity index (χ4v) is 2.28. The lowest BCUT2D eigenvalue weighted by atomic mass is 9.86. The van der Waals surface area contributed by atoms with Crippen LogP contribution in [0.5, 0.6) is 0 Å². The Hall–Kier alpha value is -1.92. The Balaban J connectivity index is 2.58. The van der Waals surface area contributed by atoms with Crippen LogP contribution >= 0.6 is 0 Å². The van der Waals surface area contributed by atoms with E-state index in [9.17, 15) is 14.7 Å². The summed E-state index contributed by atoms with van der Waals surface area (Å²) in [6.45, 7) is 0. The van der Waals surface area contributed by atoms with Gasteiger partial charge in [-0.2, -0.15) is 0 Å². The topological polar surface area (TPSA) is 113 Å². The minimum atomic E-state index is -2.10. The molecule has 5 N–H and O–H groups in total. The van der Waals surface area contributed by atoms with E-state index in [-0.39, 0.29) is 6.42 Å². The normalized spacial score (nSPS) is 26.4. The summed E-state index contributed by atoms with van der Waals surface area (Å²) in [4.78, 5) is 22.8. The lowest BCUT2D eigenvalue weighted by Crippen LogP contribution is -2.52. The third-order valence-electron chi connectivity index (χ3n) is 3.13. The second-order valence-corrected chi connectivity index (χ2v) is 3.99. The van der Waals surface area contributed by atoms with Crippen LogP contribution in [0.15, 0.2) is 24.3 Å². The number of carbonyl (C=O) groups excluding carboxylic acids is 1. The van der Waals surface area contributed by atoms with Gasteiger partial charge in [0.2, 0.25) is 0 Å². The van der Waals surface area contributed by atoms with Crippen LogP contribution in [-0.4, -0.2) is 22.1 Å². The van der Waals surface area contributed by atoms with Gasteiger partial charge < -0.3 is 10.2 Å². The van der Waals surface area contributed by atoms with Gasteiger partial charge in [0.15, 0.2) is 5.60 Å². The van der Waals surface area contributed by atoms with E-state index in [0.717, 1.165) is 0 Å². The summed E-state index contributed by atoms with van der Waals surface area (Å²) in [6, 6.07) is 6.59. The van der Waals surface area contributed by atoms with Gasteiger partial charge in [0.1, 0.15) is 5.92 Å². The molecule has 0 unspecified atom stereocenters. The van der Waals surface area contributed by atoms with E-state index in [4.69, 9.17) is 10.9 Å². The van der Waals surface area contributed by atoms with Gasteiger partial charge in [-0.05, 0) is 17.5 Å². The van der Waals surface area contributed by atoms with Crippen LogP contribution in [0.1, 0.15) is 11.1 Å². The third-order valence-corrected chi connectivity index (χ3v) is 3.13. The Morgan fingerprint density at radius 1 is 1.41 bits per heavy atom. The lowest BCUT2D eigenvalue weighted by Gasteiger charge is -2.26. The van der Waals surface area contributed by atoms with Crippen molar-refractivity contribution in [2.24, 2.45) is 11.8 Å². The second kappa shape index (κ2) is 3.83. The van der Waals surface area contributed by atoms with E-state index in [1.807, 2.05) is 5.43 Å². The molecule has 6 heteroatoms. The van der Waals surface area contributed by atoms with Crippen LogP contribution in [0, 0.1) is 5.92 Å². The van der Waals surface area contributed by atoms with Crippen molar-refractivity contribution in [3.8, 4) is 0 Å². The Morgan fingerprint density at radius 3 is 2.65 bits per heavy atom. The maximum Gasteiger partial charge on any atom is 0.310 e. The summed E-state index contributed by atoms with van der Waals surface area (Å²) >= 11 is 0. The molecule has 1 aromatic rings. The molecule has 0 radical (unpaired) electrons. The minimum absolute atomic E-state index is 0.107. The standard InChI is InChI=1S/C11H12N2O4/c12-13-10(16)11(17)7-4-2-1-3-6(7)5-8(11)9(14)15/h1-4,8,17H,5,12H2,(H,13,16)(H,14,15)/t8-,11-/m1/s1. The zero-order valence-electron chi connectivity index (χ0n) is 8.88. The zero-order chi connectivity index (χ0) is 12.6. The lowest BCUT2D eigenvalue weighted by molar-refractivity contribution is -0.162. The van der Waals surface area contributed by atoms with Crippen LogP contribution in [0.25, 0.3) is 0 Å². The molecular formula is C11H12N2O4. The van der Waals surface area contributed by atoms with Gasteiger partial charge in [0.05, 0.1) is 0 Å². The minimum Gasteiger partial charge on any atom is -0.481 e. The number of aliphatic hydroxyl groups is 1. The molecule has 0 heterocycles. The summed E-state index contributed by atoms with van der Waals surface area (Å²) in [5, 5.41) is 19.5. The Labute approximate surface area is 97.0 Å². The molecule has 0 spiro atoms. The summed E-state index contributed by atoms with van der Waals surface area (Å²) < 4.78 is 0. The summed E-state index contributed by atoms with van der Waals surface area (Å²) in [5.41, 5.74) is 0.667. The smallest absolute Gasteiger partial charge is 0.310 e. The predicted octanol–water partition coefficient (Wildman–Crippen LogP) is -0.879. The van der Waals surface area contributed by atoms with Crippen LogP contribution in [0.2, 0.25) is 0 Å². The van der Waals surface area contributed by atoms with E-state index in [2.05, 4.69) is 0 Å². The molecule has 0 fully saturated rings. The van der Waals surface area contributed by atoms with Gasteiger partial charge in [-0.25, -0.2) is 5.84 Å². The molecule has 90 valence electrons. The van der Waals surface area contributed by atoms with Gasteiger partial charge in [-0.3, -0.25) is 15.0 Å². The van der Waals surface area contributed by atoms with Gasteiger partial charge in [0, 0.05) is 0 Å². The molecule has 0 saturated heterocycles. The van der Waals surface area contributed by atoms with Crippen LogP contribution in [0.4, 0.5) is 0 Å². The molecule has 1 aliphatic rings.